The van der Waals surface area contributed by atoms with Gasteiger partial charge in [0.2, 0.25) is 17.7 Å². The summed E-state index contributed by atoms with van der Waals surface area (Å²) >= 11 is 0. The maximum Gasteiger partial charge on any atom is 0.328 e. The Morgan fingerprint density at radius 2 is 1.83 bits per heavy atom. The molecule has 0 bridgehead atoms. The monoisotopic (exact) mass is 495 g/mol. The van der Waals surface area contributed by atoms with Crippen LogP contribution in [0, 0.1) is 23.5 Å². The lowest BCUT2D eigenvalue weighted by atomic mass is 9.97. The first-order valence-corrected chi connectivity index (χ1v) is 11.9. The average Bonchev–Trinajstić information content (AvgIpc) is 3.16. The lowest BCUT2D eigenvalue weighted by molar-refractivity contribution is -0.147. The van der Waals surface area contributed by atoms with Crippen LogP contribution in [-0.4, -0.2) is 53.8 Å². The number of hydrogen-bond acceptors (Lipinski definition) is 5. The van der Waals surface area contributed by atoms with Gasteiger partial charge in [0.15, 0.2) is 11.6 Å². The largest absolute Gasteiger partial charge is 0.467 e. The van der Waals surface area contributed by atoms with Crippen LogP contribution in [0.4, 0.5) is 8.78 Å². The molecule has 0 saturated carbocycles. The minimum absolute atomic E-state index is 0.0315. The number of benzene rings is 1. The van der Waals surface area contributed by atoms with E-state index in [1.165, 1.54) is 24.1 Å². The predicted molar refractivity (Wildman–Crippen MR) is 125 cm³/mol. The van der Waals surface area contributed by atoms with Crippen LogP contribution in [0.1, 0.15) is 58.9 Å². The number of ether oxygens (including phenoxy) is 1. The molecular formula is C25H35F2N3O5. The summed E-state index contributed by atoms with van der Waals surface area (Å²) in [6, 6.07) is 1.49. The summed E-state index contributed by atoms with van der Waals surface area (Å²) in [7, 11) is 1.25. The molecule has 0 aliphatic carbocycles. The molecular weight excluding hydrogens is 460 g/mol. The molecule has 0 aromatic heterocycles. The number of nitrogens with zero attached hydrogens (tertiary/aromatic N) is 1. The smallest absolute Gasteiger partial charge is 0.328 e. The molecule has 1 aromatic carbocycles. The van der Waals surface area contributed by atoms with E-state index >= 15 is 0 Å². The maximum atomic E-state index is 14.1. The number of likely N-dealkylation sites (tertiary alicyclic amines) is 1. The van der Waals surface area contributed by atoms with Crippen molar-refractivity contribution in [2.24, 2.45) is 11.8 Å². The highest BCUT2D eigenvalue weighted by atomic mass is 19.2. The Hall–Kier alpha value is -3.04. The standard InChI is InChI=1S/C25H35F2N3O5/c1-6-15(4)23(25(34)35-5)29-24(33)22(14(2)3)28-19(31)12-17-10-11-20(32)30(17)13-16-8-7-9-18(26)21(16)27/h7-9,14-15,17,22-23H,6,10-13H2,1-5H3,(H,28,31)(H,29,33)/t15-,17-,22-,23-/m0/s1. The molecule has 1 aromatic rings. The quantitative estimate of drug-likeness (QED) is 0.460. The molecule has 1 heterocycles. The van der Waals surface area contributed by atoms with E-state index in [2.05, 4.69) is 10.6 Å². The van der Waals surface area contributed by atoms with Crippen molar-refractivity contribution >= 4 is 23.7 Å². The first-order chi connectivity index (χ1) is 16.5. The third-order valence-electron chi connectivity index (χ3n) is 6.48. The number of carbonyl (C=O) groups is 4. The summed E-state index contributed by atoms with van der Waals surface area (Å²) < 4.78 is 32.5. The number of hydrogen-bond donors (Lipinski definition) is 2. The van der Waals surface area contributed by atoms with Crippen molar-refractivity contribution < 1.29 is 32.7 Å². The van der Waals surface area contributed by atoms with Gasteiger partial charge in [0.05, 0.1) is 7.11 Å². The molecule has 0 radical (unpaired) electrons. The molecule has 1 fully saturated rings. The molecule has 8 nitrogen and oxygen atoms in total. The topological polar surface area (TPSA) is 105 Å². The number of carbonyl (C=O) groups excluding carboxylic acids is 4. The van der Waals surface area contributed by atoms with Crippen molar-refractivity contribution in [3.05, 3.63) is 35.4 Å². The van der Waals surface area contributed by atoms with Crippen LogP contribution >= 0.6 is 0 Å². The van der Waals surface area contributed by atoms with Gasteiger partial charge >= 0.3 is 5.97 Å². The second-order valence-corrected chi connectivity index (χ2v) is 9.32. The van der Waals surface area contributed by atoms with Crippen LogP contribution in [-0.2, 0) is 30.5 Å². The molecule has 10 heteroatoms. The zero-order valence-electron chi connectivity index (χ0n) is 20.9. The van der Waals surface area contributed by atoms with Gasteiger partial charge in [0, 0.05) is 31.0 Å². The molecule has 2 rings (SSSR count). The van der Waals surface area contributed by atoms with Crippen molar-refractivity contribution in [1.29, 1.82) is 0 Å². The van der Waals surface area contributed by atoms with E-state index in [0.717, 1.165) is 6.07 Å². The summed E-state index contributed by atoms with van der Waals surface area (Å²) in [5, 5.41) is 5.40. The van der Waals surface area contributed by atoms with Crippen LogP contribution in [0.5, 0.6) is 0 Å². The number of halogens is 2. The Bertz CT molecular complexity index is 940. The van der Waals surface area contributed by atoms with Crippen LogP contribution in [0.3, 0.4) is 0 Å². The van der Waals surface area contributed by atoms with Crippen LogP contribution in [0.25, 0.3) is 0 Å². The summed E-state index contributed by atoms with van der Waals surface area (Å²) in [6.45, 7) is 7.08. The fraction of sp³-hybridized carbons (Fsp3) is 0.600. The van der Waals surface area contributed by atoms with Crippen LogP contribution in [0.2, 0.25) is 0 Å². The Morgan fingerprint density at radius 1 is 1.14 bits per heavy atom. The van der Waals surface area contributed by atoms with Crippen molar-refractivity contribution in [3.8, 4) is 0 Å². The molecule has 1 aliphatic heterocycles. The van der Waals surface area contributed by atoms with Crippen molar-refractivity contribution in [2.75, 3.05) is 7.11 Å². The van der Waals surface area contributed by atoms with Gasteiger partial charge in [-0.25, -0.2) is 13.6 Å². The van der Waals surface area contributed by atoms with E-state index in [4.69, 9.17) is 4.74 Å². The summed E-state index contributed by atoms with van der Waals surface area (Å²) in [5.41, 5.74) is 0.0315. The van der Waals surface area contributed by atoms with E-state index < -0.39 is 47.5 Å². The van der Waals surface area contributed by atoms with E-state index in [9.17, 15) is 28.0 Å². The molecule has 0 unspecified atom stereocenters. The van der Waals surface area contributed by atoms with Crippen molar-refractivity contribution in [3.63, 3.8) is 0 Å². The third-order valence-corrected chi connectivity index (χ3v) is 6.48. The van der Waals surface area contributed by atoms with Gasteiger partial charge in [-0.15, -0.1) is 0 Å². The van der Waals surface area contributed by atoms with E-state index in [1.54, 1.807) is 13.8 Å². The number of amides is 3. The fourth-order valence-corrected chi connectivity index (χ4v) is 4.10. The molecule has 2 N–H and O–H groups in total. The van der Waals surface area contributed by atoms with Gasteiger partial charge in [-0.3, -0.25) is 14.4 Å². The van der Waals surface area contributed by atoms with E-state index in [1.807, 2.05) is 13.8 Å². The molecule has 4 atom stereocenters. The Morgan fingerprint density at radius 3 is 2.43 bits per heavy atom. The lowest BCUT2D eigenvalue weighted by Gasteiger charge is -2.28. The average molecular weight is 496 g/mol. The zero-order chi connectivity index (χ0) is 26.3. The molecule has 3 amide bonds. The zero-order valence-corrected chi connectivity index (χ0v) is 20.9. The van der Waals surface area contributed by atoms with E-state index in [0.29, 0.717) is 12.8 Å². The third kappa shape index (κ3) is 7.22. The SMILES string of the molecule is CC[C@H](C)[C@H](NC(=O)[C@@H](NC(=O)C[C@@H]1CCC(=O)N1Cc1cccc(F)c1F)C(C)C)C(=O)OC. The van der Waals surface area contributed by atoms with Gasteiger partial charge in [-0.05, 0) is 24.3 Å². The molecule has 35 heavy (non-hydrogen) atoms. The second-order valence-electron chi connectivity index (χ2n) is 9.32. The number of rotatable bonds is 11. The minimum Gasteiger partial charge on any atom is -0.467 e. The fourth-order valence-electron chi connectivity index (χ4n) is 4.10. The Balaban J connectivity index is 2.08. The normalized spacial score (nSPS) is 18.2. The lowest BCUT2D eigenvalue weighted by Crippen LogP contribution is -2.55. The highest BCUT2D eigenvalue weighted by Crippen LogP contribution is 2.25. The predicted octanol–water partition coefficient (Wildman–Crippen LogP) is 2.69. The molecule has 1 saturated heterocycles. The van der Waals surface area contributed by atoms with Gasteiger partial charge in [0.1, 0.15) is 12.1 Å². The summed E-state index contributed by atoms with van der Waals surface area (Å²) in [4.78, 5) is 51.7. The van der Waals surface area contributed by atoms with Gasteiger partial charge < -0.3 is 20.3 Å². The molecule has 1 aliphatic rings. The Labute approximate surface area is 204 Å². The highest BCUT2D eigenvalue weighted by molar-refractivity contribution is 5.91. The van der Waals surface area contributed by atoms with Crippen LogP contribution < -0.4 is 10.6 Å². The Kier molecular flexibility index (Phi) is 10.2. The maximum absolute atomic E-state index is 14.1. The van der Waals surface area contributed by atoms with Gasteiger partial charge in [0.25, 0.3) is 0 Å². The van der Waals surface area contributed by atoms with Gasteiger partial charge in [-0.2, -0.15) is 0 Å². The summed E-state index contributed by atoms with van der Waals surface area (Å²) in [5.74, 6) is -4.25. The van der Waals surface area contributed by atoms with Gasteiger partial charge in [-0.1, -0.05) is 46.2 Å². The van der Waals surface area contributed by atoms with Crippen molar-refractivity contribution in [1.82, 2.24) is 15.5 Å². The minimum atomic E-state index is -1.02. The first kappa shape index (κ1) is 28.2. The van der Waals surface area contributed by atoms with Crippen molar-refractivity contribution in [2.45, 2.75) is 78.0 Å². The number of esters is 1. The summed E-state index contributed by atoms with van der Waals surface area (Å²) in [6.07, 6.45) is 1.13. The number of methoxy groups -OCH3 is 1. The van der Waals surface area contributed by atoms with Crippen LogP contribution in [0.15, 0.2) is 18.2 Å². The molecule has 0 spiro atoms. The van der Waals surface area contributed by atoms with E-state index in [-0.39, 0.29) is 42.7 Å². The molecule has 194 valence electrons. The number of nitrogens with one attached hydrogen (secondary N) is 2. The first-order valence-electron chi connectivity index (χ1n) is 11.9. The second kappa shape index (κ2) is 12.6. The highest BCUT2D eigenvalue weighted by Gasteiger charge is 2.35.